The number of nitrogen functional groups attached to an aromatic ring is 1. The Morgan fingerprint density at radius 2 is 1.96 bits per heavy atom. The summed E-state index contributed by atoms with van der Waals surface area (Å²) in [6, 6.07) is 16.0. The molecular weight excluding hydrogens is 304 g/mol. The zero-order chi connectivity index (χ0) is 16.1. The number of aryl methyl sites for hydroxylation is 2. The first-order chi connectivity index (χ1) is 11.2. The van der Waals surface area contributed by atoms with E-state index in [0.717, 1.165) is 35.0 Å². The lowest BCUT2D eigenvalue weighted by Gasteiger charge is -2.05. The Bertz CT molecular complexity index is 765. The van der Waals surface area contributed by atoms with Crippen molar-refractivity contribution in [2.45, 2.75) is 19.8 Å². The highest BCUT2D eigenvalue weighted by molar-refractivity contribution is 7.09. The molecule has 0 aliphatic heterocycles. The van der Waals surface area contributed by atoms with Gasteiger partial charge in [-0.05, 0) is 25.5 Å². The van der Waals surface area contributed by atoms with Crippen LogP contribution in [0.3, 0.4) is 0 Å². The maximum Gasteiger partial charge on any atom is 0.121 e. The van der Waals surface area contributed by atoms with Crippen molar-refractivity contribution in [3.63, 3.8) is 0 Å². The second-order valence-electron chi connectivity index (χ2n) is 5.52. The number of aromatic nitrogens is 1. The highest BCUT2D eigenvalue weighted by atomic mass is 32.1. The number of hydrogen-bond donors (Lipinski definition) is 1. The van der Waals surface area contributed by atoms with Gasteiger partial charge in [-0.25, -0.2) is 4.98 Å². The van der Waals surface area contributed by atoms with E-state index in [4.69, 9.17) is 15.5 Å². The third kappa shape index (κ3) is 4.33. The minimum Gasteiger partial charge on any atom is -0.494 e. The normalized spacial score (nSPS) is 10.7. The summed E-state index contributed by atoms with van der Waals surface area (Å²) in [6.45, 7) is 2.76. The number of ether oxygens (including phenoxy) is 1. The summed E-state index contributed by atoms with van der Waals surface area (Å²) < 4.78 is 5.71. The fourth-order valence-electron chi connectivity index (χ4n) is 2.30. The van der Waals surface area contributed by atoms with Crippen LogP contribution < -0.4 is 10.5 Å². The number of thiazole rings is 1. The quantitative estimate of drug-likeness (QED) is 0.527. The molecule has 3 nitrogen and oxygen atoms in total. The average molecular weight is 324 g/mol. The summed E-state index contributed by atoms with van der Waals surface area (Å²) >= 11 is 1.71. The van der Waals surface area contributed by atoms with Gasteiger partial charge in [0, 0.05) is 29.1 Å². The van der Waals surface area contributed by atoms with Gasteiger partial charge in [-0.1, -0.05) is 35.9 Å². The van der Waals surface area contributed by atoms with Crippen LogP contribution in [0.5, 0.6) is 5.75 Å². The zero-order valence-corrected chi connectivity index (χ0v) is 14.0. The highest BCUT2D eigenvalue weighted by Gasteiger charge is 2.04. The standard InChI is InChI=1S/C19H20N2OS/c1-14-7-9-15(10-8-14)18-13-23-19(21-18)6-3-11-22-17-5-2-4-16(20)12-17/h2,4-5,7-10,12-13H,3,6,11,20H2,1H3. The lowest BCUT2D eigenvalue weighted by atomic mass is 10.1. The molecule has 0 atom stereocenters. The number of rotatable bonds is 6. The molecule has 0 unspecified atom stereocenters. The molecule has 0 fully saturated rings. The molecule has 3 aromatic rings. The molecule has 1 aromatic heterocycles. The van der Waals surface area contributed by atoms with Crippen molar-refractivity contribution < 1.29 is 4.74 Å². The molecule has 3 rings (SSSR count). The predicted molar refractivity (Wildman–Crippen MR) is 97.0 cm³/mol. The molecule has 2 aromatic carbocycles. The van der Waals surface area contributed by atoms with Gasteiger partial charge in [0.2, 0.25) is 0 Å². The smallest absolute Gasteiger partial charge is 0.121 e. The van der Waals surface area contributed by atoms with Crippen LogP contribution >= 0.6 is 11.3 Å². The molecule has 0 spiro atoms. The number of benzene rings is 2. The lowest BCUT2D eigenvalue weighted by molar-refractivity contribution is 0.311. The van der Waals surface area contributed by atoms with Crippen molar-refractivity contribution in [2.75, 3.05) is 12.3 Å². The zero-order valence-electron chi connectivity index (χ0n) is 13.2. The molecule has 0 saturated carbocycles. The summed E-state index contributed by atoms with van der Waals surface area (Å²) in [4.78, 5) is 4.71. The van der Waals surface area contributed by atoms with Crippen LogP contribution in [0.4, 0.5) is 5.69 Å². The van der Waals surface area contributed by atoms with Crippen molar-refractivity contribution in [3.8, 4) is 17.0 Å². The van der Waals surface area contributed by atoms with Gasteiger partial charge in [0.15, 0.2) is 0 Å². The minimum absolute atomic E-state index is 0.670. The first-order valence-corrected chi connectivity index (χ1v) is 8.58. The van der Waals surface area contributed by atoms with E-state index in [1.54, 1.807) is 11.3 Å². The van der Waals surface area contributed by atoms with Crippen LogP contribution in [-0.4, -0.2) is 11.6 Å². The maximum atomic E-state index is 5.73. The van der Waals surface area contributed by atoms with Crippen LogP contribution in [-0.2, 0) is 6.42 Å². The van der Waals surface area contributed by atoms with E-state index < -0.39 is 0 Å². The van der Waals surface area contributed by atoms with Gasteiger partial charge >= 0.3 is 0 Å². The van der Waals surface area contributed by atoms with Crippen LogP contribution in [0.2, 0.25) is 0 Å². The molecule has 0 saturated heterocycles. The van der Waals surface area contributed by atoms with E-state index >= 15 is 0 Å². The second kappa shape index (κ2) is 7.29. The molecule has 2 N–H and O–H groups in total. The Kier molecular flexibility index (Phi) is 4.93. The number of hydrogen-bond acceptors (Lipinski definition) is 4. The largest absolute Gasteiger partial charge is 0.494 e. The first-order valence-electron chi connectivity index (χ1n) is 7.70. The molecule has 4 heteroatoms. The molecule has 0 amide bonds. The first kappa shape index (κ1) is 15.6. The van der Waals surface area contributed by atoms with Crippen molar-refractivity contribution in [1.82, 2.24) is 4.98 Å². The lowest BCUT2D eigenvalue weighted by Crippen LogP contribution is -1.99. The number of nitrogens with zero attached hydrogens (tertiary/aromatic N) is 1. The molecule has 0 aliphatic carbocycles. The van der Waals surface area contributed by atoms with Gasteiger partial charge in [0.25, 0.3) is 0 Å². The van der Waals surface area contributed by atoms with Gasteiger partial charge in [0.1, 0.15) is 5.75 Å². The second-order valence-corrected chi connectivity index (χ2v) is 6.46. The Morgan fingerprint density at radius 1 is 1.13 bits per heavy atom. The molecule has 0 radical (unpaired) electrons. The van der Waals surface area contributed by atoms with Gasteiger partial charge in [-0.2, -0.15) is 0 Å². The third-order valence-electron chi connectivity index (χ3n) is 3.56. The Labute approximate surface area is 140 Å². The topological polar surface area (TPSA) is 48.1 Å². The highest BCUT2D eigenvalue weighted by Crippen LogP contribution is 2.23. The molecule has 23 heavy (non-hydrogen) atoms. The van der Waals surface area contributed by atoms with E-state index in [0.29, 0.717) is 6.61 Å². The fourth-order valence-corrected chi connectivity index (χ4v) is 3.15. The van der Waals surface area contributed by atoms with E-state index in [1.165, 1.54) is 11.1 Å². The number of nitrogens with two attached hydrogens (primary N) is 1. The SMILES string of the molecule is Cc1ccc(-c2csc(CCCOc3cccc(N)c3)n2)cc1. The Hall–Kier alpha value is -2.33. The number of anilines is 1. The van der Waals surface area contributed by atoms with E-state index in [9.17, 15) is 0 Å². The molecular formula is C19H20N2OS. The van der Waals surface area contributed by atoms with Gasteiger partial charge in [-0.15, -0.1) is 11.3 Å². The summed E-state index contributed by atoms with van der Waals surface area (Å²) in [5, 5.41) is 3.27. The molecule has 0 aliphatic rings. The van der Waals surface area contributed by atoms with Gasteiger partial charge in [0.05, 0.1) is 17.3 Å². The molecule has 0 bridgehead atoms. The van der Waals surface area contributed by atoms with Crippen LogP contribution in [0.1, 0.15) is 17.0 Å². The third-order valence-corrected chi connectivity index (χ3v) is 4.47. The summed E-state index contributed by atoms with van der Waals surface area (Å²) in [5.41, 5.74) is 9.96. The van der Waals surface area contributed by atoms with Crippen LogP contribution in [0.15, 0.2) is 53.9 Å². The van der Waals surface area contributed by atoms with Gasteiger partial charge < -0.3 is 10.5 Å². The summed E-state index contributed by atoms with van der Waals surface area (Å²) in [5.74, 6) is 0.824. The predicted octanol–water partition coefficient (Wildman–Crippen LogP) is 4.71. The maximum absolute atomic E-state index is 5.73. The van der Waals surface area contributed by atoms with Crippen molar-refractivity contribution in [1.29, 1.82) is 0 Å². The van der Waals surface area contributed by atoms with Crippen LogP contribution in [0, 0.1) is 6.92 Å². The van der Waals surface area contributed by atoms with E-state index in [-0.39, 0.29) is 0 Å². The Morgan fingerprint density at radius 3 is 2.74 bits per heavy atom. The minimum atomic E-state index is 0.670. The van der Waals surface area contributed by atoms with Crippen LogP contribution in [0.25, 0.3) is 11.3 Å². The molecule has 118 valence electrons. The average Bonchev–Trinajstić information content (AvgIpc) is 3.01. The van der Waals surface area contributed by atoms with Crippen molar-refractivity contribution >= 4 is 17.0 Å². The van der Waals surface area contributed by atoms with E-state index in [2.05, 4.69) is 36.6 Å². The Balaban J connectivity index is 1.50. The monoisotopic (exact) mass is 324 g/mol. The van der Waals surface area contributed by atoms with Crippen molar-refractivity contribution in [2.24, 2.45) is 0 Å². The summed E-state index contributed by atoms with van der Waals surface area (Å²) in [6.07, 6.45) is 1.87. The fraction of sp³-hybridized carbons (Fsp3) is 0.211. The molecule has 1 heterocycles. The van der Waals surface area contributed by atoms with Crippen molar-refractivity contribution in [3.05, 3.63) is 64.5 Å². The summed E-state index contributed by atoms with van der Waals surface area (Å²) in [7, 11) is 0. The van der Waals surface area contributed by atoms with E-state index in [1.807, 2.05) is 24.3 Å². The van der Waals surface area contributed by atoms with Gasteiger partial charge in [-0.3, -0.25) is 0 Å².